The third-order valence-corrected chi connectivity index (χ3v) is 6.05. The van der Waals surface area contributed by atoms with Crippen LogP contribution < -0.4 is 5.73 Å². The van der Waals surface area contributed by atoms with E-state index in [1.165, 1.54) is 11.0 Å². The number of nitrogen functional groups attached to an aromatic ring is 1. The summed E-state index contributed by atoms with van der Waals surface area (Å²) in [7, 11) is 0. The molecular formula is C22H17BrF3N5O. The average molecular weight is 504 g/mol. The van der Waals surface area contributed by atoms with Crippen molar-refractivity contribution >= 4 is 38.6 Å². The Morgan fingerprint density at radius 3 is 2.59 bits per heavy atom. The molecule has 4 rings (SSSR count). The molecule has 2 N–H and O–H groups in total. The molecule has 1 aliphatic rings. The number of fused-ring (bicyclic) bond motifs is 1. The minimum Gasteiger partial charge on any atom is -0.383 e. The molecular weight excluding hydrogens is 487 g/mol. The molecule has 10 heteroatoms. The number of alkyl halides is 3. The number of hydrogen-bond donors (Lipinski definition) is 1. The van der Waals surface area contributed by atoms with Crippen LogP contribution in [0.4, 0.5) is 19.0 Å². The number of nitrogens with zero attached hydrogens (tertiary/aromatic N) is 4. The Labute approximate surface area is 190 Å². The monoisotopic (exact) mass is 503 g/mol. The molecule has 1 amide bonds. The van der Waals surface area contributed by atoms with E-state index in [1.807, 2.05) is 0 Å². The molecule has 32 heavy (non-hydrogen) atoms. The van der Waals surface area contributed by atoms with Crippen LogP contribution in [0.25, 0.3) is 10.9 Å². The highest BCUT2D eigenvalue weighted by atomic mass is 79.9. The molecule has 0 bridgehead atoms. The highest BCUT2D eigenvalue weighted by molar-refractivity contribution is 9.10. The van der Waals surface area contributed by atoms with Crippen molar-refractivity contribution in [3.8, 4) is 6.07 Å². The molecule has 1 saturated carbocycles. The zero-order valence-corrected chi connectivity index (χ0v) is 18.2. The van der Waals surface area contributed by atoms with E-state index >= 15 is 0 Å². The van der Waals surface area contributed by atoms with Crippen molar-refractivity contribution in [2.75, 3.05) is 12.3 Å². The van der Waals surface area contributed by atoms with Crippen molar-refractivity contribution in [1.29, 1.82) is 5.26 Å². The van der Waals surface area contributed by atoms with E-state index < -0.39 is 17.2 Å². The van der Waals surface area contributed by atoms with E-state index in [-0.39, 0.29) is 19.0 Å². The van der Waals surface area contributed by atoms with E-state index in [9.17, 15) is 23.2 Å². The maximum absolute atomic E-state index is 13.3. The number of hydrogen-bond acceptors (Lipinski definition) is 5. The van der Waals surface area contributed by atoms with Crippen molar-refractivity contribution in [2.24, 2.45) is 5.41 Å². The summed E-state index contributed by atoms with van der Waals surface area (Å²) >= 11 is 3.32. The van der Waals surface area contributed by atoms with Gasteiger partial charge in [-0.1, -0.05) is 0 Å². The Morgan fingerprint density at radius 2 is 2.00 bits per heavy atom. The fourth-order valence-corrected chi connectivity index (χ4v) is 3.72. The third-order valence-electron chi connectivity index (χ3n) is 5.42. The van der Waals surface area contributed by atoms with Crippen molar-refractivity contribution in [1.82, 2.24) is 14.9 Å². The molecule has 0 aliphatic heterocycles. The Kier molecular flexibility index (Phi) is 5.54. The van der Waals surface area contributed by atoms with E-state index in [4.69, 9.17) is 5.73 Å². The van der Waals surface area contributed by atoms with E-state index in [1.54, 1.807) is 24.3 Å². The van der Waals surface area contributed by atoms with Gasteiger partial charge >= 0.3 is 6.18 Å². The van der Waals surface area contributed by atoms with E-state index in [0.717, 1.165) is 12.3 Å². The molecule has 0 radical (unpaired) electrons. The zero-order valence-electron chi connectivity index (χ0n) is 16.7. The number of halogens is 4. The first kappa shape index (κ1) is 22.0. The molecule has 3 aromatic rings. The van der Waals surface area contributed by atoms with Gasteiger partial charge in [0.1, 0.15) is 5.82 Å². The molecule has 1 aromatic carbocycles. The Balaban J connectivity index is 1.64. The second-order valence-corrected chi connectivity index (χ2v) is 8.71. The zero-order chi connectivity index (χ0) is 23.1. The van der Waals surface area contributed by atoms with Crippen LogP contribution in [0.15, 0.2) is 47.1 Å². The van der Waals surface area contributed by atoms with Crippen LogP contribution >= 0.6 is 15.9 Å². The van der Waals surface area contributed by atoms with Gasteiger partial charge in [0, 0.05) is 23.7 Å². The Hall–Kier alpha value is -3.19. The molecule has 1 aliphatic carbocycles. The van der Waals surface area contributed by atoms with Crippen LogP contribution in [0.1, 0.15) is 34.5 Å². The predicted molar refractivity (Wildman–Crippen MR) is 115 cm³/mol. The maximum atomic E-state index is 13.3. The van der Waals surface area contributed by atoms with E-state index in [0.29, 0.717) is 45.3 Å². The first-order chi connectivity index (χ1) is 15.1. The number of nitriles is 1. The van der Waals surface area contributed by atoms with Gasteiger partial charge in [0.25, 0.3) is 5.91 Å². The minimum absolute atomic E-state index is 0.0118. The summed E-state index contributed by atoms with van der Waals surface area (Å²) in [5, 5.41) is 10.2. The number of carbonyl (C=O) groups is 1. The number of rotatable bonds is 5. The fourth-order valence-electron chi connectivity index (χ4n) is 3.38. The SMILES string of the molecule is N#CC1(CN(Cc2ccc(C(F)(F)F)cn2)C(=O)c2ccc3nc(N)c(Br)cc3c2)CC1. The summed E-state index contributed by atoms with van der Waals surface area (Å²) < 4.78 is 39.1. The second-order valence-electron chi connectivity index (χ2n) is 7.85. The van der Waals surface area contributed by atoms with Crippen molar-refractivity contribution in [3.05, 3.63) is 63.9 Å². The van der Waals surface area contributed by atoms with Gasteiger partial charge in [-0.3, -0.25) is 9.78 Å². The summed E-state index contributed by atoms with van der Waals surface area (Å²) in [5.41, 5.74) is 5.61. The van der Waals surface area contributed by atoms with Gasteiger partial charge in [-0.2, -0.15) is 18.4 Å². The van der Waals surface area contributed by atoms with Crippen LogP contribution in [-0.2, 0) is 12.7 Å². The van der Waals surface area contributed by atoms with Crippen LogP contribution in [-0.4, -0.2) is 27.3 Å². The van der Waals surface area contributed by atoms with Crippen molar-refractivity contribution in [2.45, 2.75) is 25.6 Å². The first-order valence-electron chi connectivity index (χ1n) is 9.69. The fraction of sp³-hybridized carbons (Fsp3) is 0.273. The summed E-state index contributed by atoms with van der Waals surface area (Å²) in [6.07, 6.45) is -2.40. The summed E-state index contributed by atoms with van der Waals surface area (Å²) in [6, 6.07) is 11.2. The minimum atomic E-state index is -4.49. The third kappa shape index (κ3) is 4.53. The van der Waals surface area contributed by atoms with Crippen LogP contribution in [0.2, 0.25) is 0 Å². The number of pyridine rings is 2. The first-order valence-corrected chi connectivity index (χ1v) is 10.5. The van der Waals surface area contributed by atoms with Gasteiger partial charge in [-0.25, -0.2) is 4.98 Å². The van der Waals surface area contributed by atoms with Crippen molar-refractivity contribution in [3.63, 3.8) is 0 Å². The van der Waals surface area contributed by atoms with Crippen LogP contribution in [0, 0.1) is 16.7 Å². The van der Waals surface area contributed by atoms with Gasteiger partial charge in [-0.15, -0.1) is 0 Å². The normalized spacial score (nSPS) is 14.7. The molecule has 2 heterocycles. The largest absolute Gasteiger partial charge is 0.417 e. The maximum Gasteiger partial charge on any atom is 0.417 e. The van der Waals surface area contributed by atoms with Crippen molar-refractivity contribution < 1.29 is 18.0 Å². The highest BCUT2D eigenvalue weighted by Gasteiger charge is 2.45. The number of benzene rings is 1. The smallest absolute Gasteiger partial charge is 0.383 e. The number of anilines is 1. The quantitative estimate of drug-likeness (QED) is 0.531. The summed E-state index contributed by atoms with van der Waals surface area (Å²) in [6.45, 7) is 0.162. The number of carbonyl (C=O) groups excluding carboxylic acids is 1. The van der Waals surface area contributed by atoms with Gasteiger partial charge in [0.15, 0.2) is 0 Å². The number of nitrogens with two attached hydrogens (primary N) is 1. The number of amides is 1. The highest BCUT2D eigenvalue weighted by Crippen LogP contribution is 2.46. The lowest BCUT2D eigenvalue weighted by Gasteiger charge is -2.25. The summed E-state index contributed by atoms with van der Waals surface area (Å²) in [4.78, 5) is 23.0. The molecule has 164 valence electrons. The molecule has 1 fully saturated rings. The standard InChI is InChI=1S/C22H17BrF3N5O/c23-17-8-14-7-13(1-4-18(14)30-19(17)28)20(32)31(12-21(11-27)5-6-21)10-16-3-2-15(9-29-16)22(24,25)26/h1-4,7-9H,5-6,10,12H2,(H2,28,30). The van der Waals surface area contributed by atoms with Crippen LogP contribution in [0.3, 0.4) is 0 Å². The van der Waals surface area contributed by atoms with Gasteiger partial charge in [0.05, 0.1) is 39.3 Å². The Bertz CT molecular complexity index is 1230. The predicted octanol–water partition coefficient (Wildman–Crippen LogP) is 4.94. The molecule has 0 atom stereocenters. The average Bonchev–Trinajstić information content (AvgIpc) is 3.53. The molecule has 0 saturated heterocycles. The lowest BCUT2D eigenvalue weighted by molar-refractivity contribution is -0.137. The molecule has 2 aromatic heterocycles. The van der Waals surface area contributed by atoms with E-state index in [2.05, 4.69) is 32.0 Å². The number of aromatic nitrogens is 2. The Morgan fingerprint density at radius 1 is 1.25 bits per heavy atom. The lowest BCUT2D eigenvalue weighted by atomic mass is 10.1. The molecule has 6 nitrogen and oxygen atoms in total. The molecule has 0 unspecified atom stereocenters. The summed E-state index contributed by atoms with van der Waals surface area (Å²) in [5.74, 6) is -0.0145. The van der Waals surface area contributed by atoms with Crippen LogP contribution in [0.5, 0.6) is 0 Å². The topological polar surface area (TPSA) is 95.9 Å². The van der Waals surface area contributed by atoms with Gasteiger partial charge in [0.2, 0.25) is 0 Å². The molecule has 0 spiro atoms. The van der Waals surface area contributed by atoms with Gasteiger partial charge < -0.3 is 10.6 Å². The lowest BCUT2D eigenvalue weighted by Crippen LogP contribution is -2.35. The second kappa shape index (κ2) is 8.06. The van der Waals surface area contributed by atoms with Gasteiger partial charge in [-0.05, 0) is 65.2 Å².